The van der Waals surface area contributed by atoms with E-state index in [1.165, 1.54) is 31.9 Å². The Bertz CT molecular complexity index is 812. The van der Waals surface area contributed by atoms with Gasteiger partial charge in [-0.3, -0.25) is 4.68 Å². The zero-order chi connectivity index (χ0) is 19.1. The highest BCUT2D eigenvalue weighted by Gasteiger charge is 2.47. The predicted molar refractivity (Wildman–Crippen MR) is 89.2 cm³/mol. The summed E-state index contributed by atoms with van der Waals surface area (Å²) in [5.74, 6) is 1.05. The monoisotopic (exact) mass is 366 g/mol. The van der Waals surface area contributed by atoms with Gasteiger partial charge in [-0.1, -0.05) is 29.8 Å². The number of aromatic carboxylic acids is 1. The molecule has 0 saturated heterocycles. The van der Waals surface area contributed by atoms with Crippen LogP contribution in [0.4, 0.5) is 18.9 Å². The minimum Gasteiger partial charge on any atom is -0.698 e. The van der Waals surface area contributed by atoms with Gasteiger partial charge in [0.25, 0.3) is 0 Å². The van der Waals surface area contributed by atoms with Crippen LogP contribution in [0.15, 0.2) is 30.5 Å². The number of carboxylic acids is 1. The van der Waals surface area contributed by atoms with Crippen LogP contribution in [0.3, 0.4) is 0 Å². The summed E-state index contributed by atoms with van der Waals surface area (Å²) in [4.78, 5) is 10.3. The van der Waals surface area contributed by atoms with Crippen LogP contribution < -0.4 is 0 Å². The molecule has 2 aliphatic carbocycles. The van der Waals surface area contributed by atoms with Crippen molar-refractivity contribution in [3.8, 4) is 0 Å². The van der Waals surface area contributed by atoms with Gasteiger partial charge in [-0.25, -0.2) is 4.79 Å². The van der Waals surface area contributed by atoms with Gasteiger partial charge in [0.1, 0.15) is 5.56 Å². The molecule has 0 radical (unpaired) electrons. The number of benzene rings is 1. The van der Waals surface area contributed by atoms with Crippen LogP contribution >= 0.6 is 0 Å². The minimum atomic E-state index is -4.73. The maximum atomic E-state index is 12.1. The van der Waals surface area contributed by atoms with Crippen molar-refractivity contribution in [2.24, 2.45) is 18.9 Å². The number of nitrogens with zero attached hydrogens (tertiary/aromatic N) is 2. The normalized spacial score (nSPS) is 21.7. The quantitative estimate of drug-likeness (QED) is 0.828. The first-order valence-corrected chi connectivity index (χ1v) is 8.33. The summed E-state index contributed by atoms with van der Waals surface area (Å²) in [5, 5.41) is 11.4. The first-order chi connectivity index (χ1) is 12.2. The largest absolute Gasteiger partial charge is 0.698 e. The average Bonchev–Trinajstić information content (AvgIpc) is 3.44. The zero-order valence-electron chi connectivity index (χ0n) is 14.1. The lowest BCUT2D eigenvalue weighted by Crippen LogP contribution is -2.12. The van der Waals surface area contributed by atoms with Crippen LogP contribution in [-0.4, -0.2) is 20.9 Å². The molecule has 4 rings (SSSR count). The molecule has 0 bridgehead atoms. The predicted octanol–water partition coefficient (Wildman–Crippen LogP) is 5.02. The molecule has 0 spiro atoms. The number of hydrogen-bond donors (Lipinski definition) is 1. The fraction of sp³-hybridized carbons (Fsp3) is 0.444. The molecule has 2 atom stereocenters. The van der Waals surface area contributed by atoms with E-state index in [1.807, 2.05) is 12.1 Å². The summed E-state index contributed by atoms with van der Waals surface area (Å²) in [6, 6.07) is 8.07. The van der Waals surface area contributed by atoms with E-state index < -0.39 is 23.4 Å². The lowest BCUT2D eigenvalue weighted by atomic mass is 10.1. The van der Waals surface area contributed by atoms with Crippen molar-refractivity contribution in [2.45, 2.75) is 31.4 Å². The van der Waals surface area contributed by atoms with E-state index in [9.17, 15) is 18.0 Å². The van der Waals surface area contributed by atoms with Gasteiger partial charge in [-0.05, 0) is 37.0 Å². The van der Waals surface area contributed by atoms with E-state index in [1.54, 1.807) is 0 Å². The number of rotatable bonds is 3. The van der Waals surface area contributed by atoms with Crippen molar-refractivity contribution < 1.29 is 23.1 Å². The fourth-order valence-electron chi connectivity index (χ4n) is 3.29. The Hall–Kier alpha value is -2.51. The Kier molecular flexibility index (Phi) is 4.68. The van der Waals surface area contributed by atoms with Crippen LogP contribution in [-0.2, 0) is 13.2 Å². The number of aromatic nitrogens is 2. The van der Waals surface area contributed by atoms with Gasteiger partial charge in [0.05, 0.1) is 0 Å². The molecule has 5 nitrogen and oxygen atoms in total. The number of hydrogen-bond acceptors (Lipinski definition) is 2. The maximum absolute atomic E-state index is 12.1. The Morgan fingerprint density at radius 2 is 1.96 bits per heavy atom. The number of halogens is 3. The van der Waals surface area contributed by atoms with Crippen molar-refractivity contribution in [3.05, 3.63) is 53.0 Å². The highest BCUT2D eigenvalue weighted by atomic mass is 19.4. The van der Waals surface area contributed by atoms with Gasteiger partial charge in [-0.2, -0.15) is 18.3 Å². The first-order valence-electron chi connectivity index (χ1n) is 8.33. The van der Waals surface area contributed by atoms with Gasteiger partial charge < -0.3 is 10.8 Å². The minimum absolute atomic E-state index is 0.737. The second-order valence-electron chi connectivity index (χ2n) is 6.80. The van der Waals surface area contributed by atoms with Crippen molar-refractivity contribution in [3.63, 3.8) is 0 Å². The maximum Gasteiger partial charge on any atom is 0.436 e. The zero-order valence-corrected chi connectivity index (χ0v) is 14.1. The van der Waals surface area contributed by atoms with Crippen molar-refractivity contribution in [2.75, 3.05) is 0 Å². The smallest absolute Gasteiger partial charge is 0.436 e. The molecular weight excluding hydrogens is 347 g/mol. The van der Waals surface area contributed by atoms with E-state index in [2.05, 4.69) is 17.2 Å². The van der Waals surface area contributed by atoms with Gasteiger partial charge in [0, 0.05) is 13.2 Å². The number of carboxylic acid groups (broad SMARTS) is 1. The molecule has 0 aliphatic heterocycles. The van der Waals surface area contributed by atoms with Crippen molar-refractivity contribution >= 4 is 11.7 Å². The van der Waals surface area contributed by atoms with E-state index >= 15 is 0 Å². The van der Waals surface area contributed by atoms with E-state index in [-0.39, 0.29) is 0 Å². The molecule has 26 heavy (non-hydrogen) atoms. The molecule has 2 aromatic rings. The molecule has 0 amide bonds. The molecule has 8 heteroatoms. The highest BCUT2D eigenvalue weighted by molar-refractivity contribution is 5.88. The summed E-state index contributed by atoms with van der Waals surface area (Å²) in [6.45, 7) is 0. The molecule has 1 heterocycles. The average molecular weight is 366 g/mol. The summed E-state index contributed by atoms with van der Waals surface area (Å²) >= 11 is 0. The van der Waals surface area contributed by atoms with Crippen LogP contribution in [0, 0.1) is 11.8 Å². The third kappa shape index (κ3) is 4.00. The molecule has 1 aromatic carbocycles. The van der Waals surface area contributed by atoms with Crippen LogP contribution in [0.25, 0.3) is 5.73 Å². The SMILES string of the molecule is Cn1cc(C(=O)O)c(C(F)(F)F)n1.[NH-]c1ccccc1C1CC1C1CC1. The topological polar surface area (TPSA) is 78.9 Å². The number of alkyl halides is 3. The number of aryl methyl sites for hydroxylation is 1. The van der Waals surface area contributed by atoms with E-state index in [0.29, 0.717) is 0 Å². The van der Waals surface area contributed by atoms with E-state index in [0.717, 1.165) is 34.3 Å². The molecule has 140 valence electrons. The fourth-order valence-corrected chi connectivity index (χ4v) is 3.29. The Balaban J connectivity index is 0.000000151. The first kappa shape index (κ1) is 18.3. The van der Waals surface area contributed by atoms with Gasteiger partial charge >= 0.3 is 12.1 Å². The Labute approximate surface area is 148 Å². The second-order valence-corrected chi connectivity index (χ2v) is 6.80. The molecule has 1 aromatic heterocycles. The van der Waals surface area contributed by atoms with E-state index in [4.69, 9.17) is 10.8 Å². The van der Waals surface area contributed by atoms with Crippen LogP contribution in [0.5, 0.6) is 0 Å². The molecule has 2 aliphatic rings. The summed E-state index contributed by atoms with van der Waals surface area (Å²) < 4.78 is 37.1. The lowest BCUT2D eigenvalue weighted by molar-refractivity contribution is -0.141. The molecule has 2 unspecified atom stereocenters. The van der Waals surface area contributed by atoms with Gasteiger partial charge in [0.2, 0.25) is 0 Å². The second kappa shape index (κ2) is 6.66. The standard InChI is InChI=1S/C12H14N.C6H5F3N2O2/c13-12-4-2-1-3-9(12)11-7-10(11)8-5-6-8;1-11-2-3(5(12)13)4(10-11)6(7,8)9/h1-4,8,10-11,13H,5-7H2;2H,1H3,(H,12,13)/q-1;. The Morgan fingerprint density at radius 3 is 2.46 bits per heavy atom. The van der Waals surface area contributed by atoms with Crippen molar-refractivity contribution in [1.82, 2.24) is 9.78 Å². The Morgan fingerprint density at radius 1 is 1.31 bits per heavy atom. The molecule has 2 N–H and O–H groups in total. The summed E-state index contributed by atoms with van der Waals surface area (Å²) in [7, 11) is 1.22. The highest BCUT2D eigenvalue weighted by Crippen LogP contribution is 2.60. The van der Waals surface area contributed by atoms with Crippen LogP contribution in [0.2, 0.25) is 0 Å². The molecule has 2 fully saturated rings. The third-order valence-electron chi connectivity index (χ3n) is 4.76. The summed E-state index contributed by atoms with van der Waals surface area (Å²) in [5.41, 5.74) is 7.62. The van der Waals surface area contributed by atoms with Crippen LogP contribution in [0.1, 0.15) is 46.8 Å². The number of carbonyl (C=O) groups is 1. The summed E-state index contributed by atoms with van der Waals surface area (Å²) in [6.07, 6.45) is 0.323. The third-order valence-corrected chi connectivity index (χ3v) is 4.76. The van der Waals surface area contributed by atoms with Gasteiger partial charge in [0.15, 0.2) is 5.69 Å². The molecule has 2 saturated carbocycles. The van der Waals surface area contributed by atoms with Crippen molar-refractivity contribution in [1.29, 1.82) is 0 Å². The van der Waals surface area contributed by atoms with Gasteiger partial charge in [-0.15, -0.1) is 5.69 Å². The number of nitrogens with one attached hydrogen (secondary N) is 1. The lowest BCUT2D eigenvalue weighted by Gasteiger charge is -2.10. The molecular formula is C18H19F3N3O2-.